The summed E-state index contributed by atoms with van der Waals surface area (Å²) in [5, 5.41) is 6.54. The van der Waals surface area contributed by atoms with Crippen molar-refractivity contribution in [1.82, 2.24) is 9.97 Å². The highest BCUT2D eigenvalue weighted by Gasteiger charge is 2.09. The Kier molecular flexibility index (Phi) is 4.72. The highest BCUT2D eigenvalue weighted by Crippen LogP contribution is 2.17. The van der Waals surface area contributed by atoms with Crippen LogP contribution in [0.4, 0.5) is 17.2 Å². The van der Waals surface area contributed by atoms with Crippen LogP contribution in [0.5, 0.6) is 0 Å². The summed E-state index contributed by atoms with van der Waals surface area (Å²) in [6.45, 7) is 2.01. The fourth-order valence-corrected chi connectivity index (χ4v) is 2.27. The van der Waals surface area contributed by atoms with Crippen molar-refractivity contribution in [3.63, 3.8) is 0 Å². The summed E-state index contributed by atoms with van der Waals surface area (Å²) in [5.41, 5.74) is 2.96. The van der Waals surface area contributed by atoms with Gasteiger partial charge in [-0.15, -0.1) is 0 Å². The minimum absolute atomic E-state index is 0.273. The molecule has 0 spiro atoms. The van der Waals surface area contributed by atoms with Crippen LogP contribution in [0.1, 0.15) is 16.1 Å². The summed E-state index contributed by atoms with van der Waals surface area (Å²) in [5.74, 6) is 0.240. The second-order valence-corrected chi connectivity index (χ2v) is 5.68. The van der Waals surface area contributed by atoms with Crippen LogP contribution in [0.15, 0.2) is 60.9 Å². The van der Waals surface area contributed by atoms with E-state index in [-0.39, 0.29) is 11.6 Å². The second-order valence-electron chi connectivity index (χ2n) is 5.24. The number of carbonyl (C=O) groups excluding carboxylic acids is 1. The van der Waals surface area contributed by atoms with E-state index >= 15 is 0 Å². The van der Waals surface area contributed by atoms with Crippen LogP contribution in [0, 0.1) is 6.92 Å². The molecule has 2 N–H and O–H groups in total. The normalized spacial score (nSPS) is 10.2. The summed E-state index contributed by atoms with van der Waals surface area (Å²) in [4.78, 5) is 20.5. The van der Waals surface area contributed by atoms with Crippen molar-refractivity contribution in [2.75, 3.05) is 10.6 Å². The first-order valence-electron chi connectivity index (χ1n) is 7.33. The van der Waals surface area contributed by atoms with Gasteiger partial charge in [-0.25, -0.2) is 9.97 Å². The van der Waals surface area contributed by atoms with E-state index in [0.29, 0.717) is 16.5 Å². The van der Waals surface area contributed by atoms with Gasteiger partial charge in [0.15, 0.2) is 0 Å². The molecule has 0 atom stereocenters. The molecule has 2 aromatic carbocycles. The highest BCUT2D eigenvalue weighted by atomic mass is 35.5. The molecule has 0 saturated heterocycles. The molecular formula is C18H15ClN4O. The van der Waals surface area contributed by atoms with Crippen molar-refractivity contribution in [1.29, 1.82) is 0 Å². The first kappa shape index (κ1) is 16.0. The Labute approximate surface area is 144 Å². The van der Waals surface area contributed by atoms with Gasteiger partial charge in [0.05, 0.1) is 0 Å². The van der Waals surface area contributed by atoms with Gasteiger partial charge >= 0.3 is 0 Å². The van der Waals surface area contributed by atoms with Gasteiger partial charge in [0.25, 0.3) is 5.91 Å². The molecule has 0 radical (unpaired) electrons. The van der Waals surface area contributed by atoms with Crippen LogP contribution in [-0.2, 0) is 0 Å². The van der Waals surface area contributed by atoms with E-state index in [4.69, 9.17) is 11.6 Å². The molecule has 1 heterocycles. The zero-order valence-electron chi connectivity index (χ0n) is 13.0. The number of aromatic nitrogens is 2. The second kappa shape index (κ2) is 7.10. The Morgan fingerprint density at radius 3 is 2.54 bits per heavy atom. The fraction of sp³-hybridized carbons (Fsp3) is 0.0556. The molecule has 24 heavy (non-hydrogen) atoms. The van der Waals surface area contributed by atoms with Gasteiger partial charge < -0.3 is 10.6 Å². The van der Waals surface area contributed by atoms with Crippen LogP contribution in [0.2, 0.25) is 5.02 Å². The Morgan fingerprint density at radius 2 is 1.79 bits per heavy atom. The number of halogens is 1. The minimum Gasteiger partial charge on any atom is -0.340 e. The average Bonchev–Trinajstić information content (AvgIpc) is 2.57. The van der Waals surface area contributed by atoms with Gasteiger partial charge in [-0.2, -0.15) is 0 Å². The molecule has 0 fully saturated rings. The highest BCUT2D eigenvalue weighted by molar-refractivity contribution is 6.30. The molecule has 3 aromatic rings. The molecular weight excluding hydrogens is 324 g/mol. The maximum atomic E-state index is 12.3. The van der Waals surface area contributed by atoms with Crippen LogP contribution in [0.3, 0.4) is 0 Å². The molecule has 6 heteroatoms. The Morgan fingerprint density at radius 1 is 1.00 bits per heavy atom. The van der Waals surface area contributed by atoms with E-state index in [2.05, 4.69) is 20.6 Å². The molecule has 0 aliphatic carbocycles. The lowest BCUT2D eigenvalue weighted by molar-refractivity contribution is 0.102. The van der Waals surface area contributed by atoms with Gasteiger partial charge in [-0.3, -0.25) is 4.79 Å². The molecule has 0 aliphatic rings. The van der Waals surface area contributed by atoms with Gasteiger partial charge in [0.2, 0.25) is 0 Å². The van der Waals surface area contributed by atoms with Gasteiger partial charge in [0, 0.05) is 22.5 Å². The van der Waals surface area contributed by atoms with Crippen LogP contribution >= 0.6 is 11.6 Å². The van der Waals surface area contributed by atoms with E-state index < -0.39 is 0 Å². The molecule has 0 bridgehead atoms. The number of nitrogens with one attached hydrogen (secondary N) is 2. The third kappa shape index (κ3) is 4.08. The smallest absolute Gasteiger partial charge is 0.274 e. The summed E-state index contributed by atoms with van der Waals surface area (Å²) >= 11 is 5.83. The zero-order valence-corrected chi connectivity index (χ0v) is 13.7. The van der Waals surface area contributed by atoms with Crippen LogP contribution in [-0.4, -0.2) is 15.9 Å². The molecule has 0 unspecified atom stereocenters. The van der Waals surface area contributed by atoms with Crippen molar-refractivity contribution in [2.45, 2.75) is 6.92 Å². The number of nitrogens with zero attached hydrogens (tertiary/aromatic N) is 2. The third-order valence-corrected chi connectivity index (χ3v) is 3.54. The monoisotopic (exact) mass is 338 g/mol. The molecule has 3 rings (SSSR count). The van der Waals surface area contributed by atoms with E-state index in [1.807, 2.05) is 31.2 Å². The predicted molar refractivity (Wildman–Crippen MR) is 95.9 cm³/mol. The number of aryl methyl sites for hydroxylation is 1. The average molecular weight is 339 g/mol. The molecule has 1 aromatic heterocycles. The van der Waals surface area contributed by atoms with Crippen molar-refractivity contribution >= 4 is 34.7 Å². The number of amides is 1. The number of anilines is 3. The summed E-state index contributed by atoms with van der Waals surface area (Å²) in [6.07, 6.45) is 1.36. The van der Waals surface area contributed by atoms with E-state index in [9.17, 15) is 4.79 Å². The maximum absolute atomic E-state index is 12.3. The van der Waals surface area contributed by atoms with Crippen molar-refractivity contribution in [3.05, 3.63) is 77.2 Å². The first-order chi connectivity index (χ1) is 11.6. The van der Waals surface area contributed by atoms with Gasteiger partial charge in [-0.05, 0) is 48.9 Å². The third-order valence-electron chi connectivity index (χ3n) is 3.29. The molecule has 1 amide bonds. The summed E-state index contributed by atoms with van der Waals surface area (Å²) in [7, 11) is 0. The Balaban J connectivity index is 1.74. The quantitative estimate of drug-likeness (QED) is 0.738. The number of carbonyl (C=O) groups is 1. The predicted octanol–water partition coefficient (Wildman–Crippen LogP) is 4.43. The zero-order chi connectivity index (χ0) is 16.9. The largest absolute Gasteiger partial charge is 0.340 e. The van der Waals surface area contributed by atoms with Crippen molar-refractivity contribution < 1.29 is 4.79 Å². The fourth-order valence-electron chi connectivity index (χ4n) is 2.15. The maximum Gasteiger partial charge on any atom is 0.274 e. The van der Waals surface area contributed by atoms with Gasteiger partial charge in [-0.1, -0.05) is 23.7 Å². The van der Waals surface area contributed by atoms with Gasteiger partial charge in [0.1, 0.15) is 17.8 Å². The lowest BCUT2D eigenvalue weighted by Gasteiger charge is -2.08. The van der Waals surface area contributed by atoms with E-state index in [1.54, 1.807) is 30.3 Å². The van der Waals surface area contributed by atoms with Crippen LogP contribution in [0.25, 0.3) is 0 Å². The lowest BCUT2D eigenvalue weighted by Crippen LogP contribution is -2.14. The van der Waals surface area contributed by atoms with E-state index in [1.165, 1.54) is 6.33 Å². The van der Waals surface area contributed by atoms with Crippen molar-refractivity contribution in [3.8, 4) is 0 Å². The SMILES string of the molecule is Cc1cccc(Nc2cc(C(=O)Nc3ccc(Cl)cc3)ncn2)c1. The number of benzene rings is 2. The van der Waals surface area contributed by atoms with Crippen LogP contribution < -0.4 is 10.6 Å². The number of hydrogen-bond acceptors (Lipinski definition) is 4. The molecule has 0 saturated carbocycles. The van der Waals surface area contributed by atoms with E-state index in [0.717, 1.165) is 11.3 Å². The number of hydrogen-bond donors (Lipinski definition) is 2. The molecule has 120 valence electrons. The Hall–Kier alpha value is -2.92. The minimum atomic E-state index is -0.313. The summed E-state index contributed by atoms with van der Waals surface area (Å²) < 4.78 is 0. The first-order valence-corrected chi connectivity index (χ1v) is 7.70. The topological polar surface area (TPSA) is 66.9 Å². The van der Waals surface area contributed by atoms with Crippen molar-refractivity contribution in [2.24, 2.45) is 0 Å². The summed E-state index contributed by atoms with van der Waals surface area (Å²) in [6, 6.07) is 16.4. The standard InChI is InChI=1S/C18H15ClN4O/c1-12-3-2-4-15(9-12)22-17-10-16(20-11-21-17)18(24)23-14-7-5-13(19)6-8-14/h2-11H,1H3,(H,23,24)(H,20,21,22). The Bertz CT molecular complexity index is 865. The number of rotatable bonds is 4. The molecule has 0 aliphatic heterocycles. The molecule has 5 nitrogen and oxygen atoms in total. The lowest BCUT2D eigenvalue weighted by atomic mass is 10.2.